The quantitative estimate of drug-likeness (QED) is 0.0284. The summed E-state index contributed by atoms with van der Waals surface area (Å²) in [6, 6.07) is 25.9. The molecule has 3 heterocycles. The average Bonchev–Trinajstić information content (AvgIpc) is 3.94. The number of ketones is 1. The number of pyridine rings is 1. The minimum atomic E-state index is -0.804. The Morgan fingerprint density at radius 3 is 1.37 bits per heavy atom. The van der Waals surface area contributed by atoms with Crippen LogP contribution >= 0.6 is 0 Å². The molecule has 6 rings (SSSR count). The molecule has 0 aliphatic rings. The lowest BCUT2D eigenvalue weighted by Gasteiger charge is -2.06. The number of carboxylic acid groups (broad SMARTS) is 3. The van der Waals surface area contributed by atoms with Gasteiger partial charge in [-0.2, -0.15) is 0 Å². The van der Waals surface area contributed by atoms with E-state index in [1.54, 1.807) is 46.0 Å². The van der Waals surface area contributed by atoms with Gasteiger partial charge in [-0.25, -0.2) is 14.3 Å². The van der Waals surface area contributed by atoms with Crippen molar-refractivity contribution in [3.8, 4) is 34.2 Å². The number of carbonyl (C=O) groups is 4. The molecule has 0 bridgehead atoms. The van der Waals surface area contributed by atoms with Crippen LogP contribution in [0.3, 0.4) is 0 Å². The predicted molar refractivity (Wildman–Crippen MR) is 221 cm³/mol. The Morgan fingerprint density at radius 2 is 1.00 bits per heavy atom. The number of benzene rings is 3. The van der Waals surface area contributed by atoms with Crippen LogP contribution in [0, 0.1) is 0 Å². The fraction of sp³-hybridized carbons (Fsp3) is 0.279. The first kappa shape index (κ1) is 43.6. The van der Waals surface area contributed by atoms with Gasteiger partial charge < -0.3 is 15.3 Å². The molecule has 0 spiro atoms. The Labute approximate surface area is 345 Å². The van der Waals surface area contributed by atoms with Gasteiger partial charge in [0.1, 0.15) is 11.4 Å². The number of hydrogen-bond donors (Lipinski definition) is 3. The first-order valence-corrected chi connectivity index (χ1v) is 19.4. The molecular weight excluding hydrogens is 769 g/mol. The standard InChI is InChI=1S/C33H33N7O5.C10H11N3O2/c1-2-5-31(41)24-18-27(29-20-39(37-35-29)25-14-10-22(11-15-25)6-3-8-32(42)43)34-28(19-24)30-21-40(38-36-30)26-16-12-23(13-17-26)7-4-9-33(44)45;11-13-12-9-6-4-8(5-7-9)2-1-3-10(14)15/h10-21H,2-9H2,1H3,(H,42,43)(H,44,45);4-7H,1-3H2,(H,14,15). The third-order valence-corrected chi connectivity index (χ3v) is 9.20. The van der Waals surface area contributed by atoms with E-state index in [9.17, 15) is 19.2 Å². The maximum atomic E-state index is 13.0. The summed E-state index contributed by atoms with van der Waals surface area (Å²) >= 11 is 0. The Hall–Kier alpha value is -7.52. The van der Waals surface area contributed by atoms with Crippen LogP contribution in [0.1, 0.15) is 85.3 Å². The van der Waals surface area contributed by atoms with Crippen molar-refractivity contribution in [1.82, 2.24) is 35.0 Å². The van der Waals surface area contributed by atoms with Crippen molar-refractivity contribution in [3.63, 3.8) is 0 Å². The Balaban J connectivity index is 0.000000384. The van der Waals surface area contributed by atoms with E-state index >= 15 is 0 Å². The normalized spacial score (nSPS) is 10.6. The lowest BCUT2D eigenvalue weighted by atomic mass is 10.0. The van der Waals surface area contributed by atoms with Crippen LogP contribution in [0.2, 0.25) is 0 Å². The molecule has 17 nitrogen and oxygen atoms in total. The molecule has 60 heavy (non-hydrogen) atoms. The molecule has 0 radical (unpaired) electrons. The minimum Gasteiger partial charge on any atom is -0.481 e. The molecule has 0 unspecified atom stereocenters. The average molecular weight is 813 g/mol. The summed E-state index contributed by atoms with van der Waals surface area (Å²) < 4.78 is 3.25. The lowest BCUT2D eigenvalue weighted by molar-refractivity contribution is -0.138. The third-order valence-electron chi connectivity index (χ3n) is 9.20. The molecule has 17 heteroatoms. The van der Waals surface area contributed by atoms with Gasteiger partial charge in [0, 0.05) is 41.8 Å². The summed E-state index contributed by atoms with van der Waals surface area (Å²) in [6.07, 6.45) is 8.85. The highest BCUT2D eigenvalue weighted by Crippen LogP contribution is 2.25. The fourth-order valence-corrected chi connectivity index (χ4v) is 6.08. The van der Waals surface area contributed by atoms with Gasteiger partial charge >= 0.3 is 17.9 Å². The van der Waals surface area contributed by atoms with E-state index in [2.05, 4.69) is 30.7 Å². The van der Waals surface area contributed by atoms with Crippen LogP contribution in [0.15, 0.2) is 102 Å². The van der Waals surface area contributed by atoms with Gasteiger partial charge in [-0.3, -0.25) is 19.2 Å². The van der Waals surface area contributed by atoms with Crippen molar-refractivity contribution in [2.24, 2.45) is 5.11 Å². The highest BCUT2D eigenvalue weighted by atomic mass is 16.4. The van der Waals surface area contributed by atoms with Crippen molar-refractivity contribution in [3.05, 3.63) is 130 Å². The highest BCUT2D eigenvalue weighted by molar-refractivity contribution is 5.97. The molecule has 0 fully saturated rings. The number of aryl methyl sites for hydroxylation is 3. The van der Waals surface area contributed by atoms with Crippen LogP contribution in [-0.2, 0) is 33.6 Å². The number of rotatable bonds is 20. The first-order chi connectivity index (χ1) is 29.0. The van der Waals surface area contributed by atoms with Crippen molar-refractivity contribution >= 4 is 29.4 Å². The number of carboxylic acids is 3. The largest absolute Gasteiger partial charge is 0.481 e. The van der Waals surface area contributed by atoms with Gasteiger partial charge in [0.15, 0.2) is 5.78 Å². The number of aromatic nitrogens is 7. The van der Waals surface area contributed by atoms with Gasteiger partial charge in [0.2, 0.25) is 0 Å². The van der Waals surface area contributed by atoms with Crippen molar-refractivity contribution in [2.45, 2.75) is 77.6 Å². The minimum absolute atomic E-state index is 0.0147. The lowest BCUT2D eigenvalue weighted by Crippen LogP contribution is -2.01. The van der Waals surface area contributed by atoms with E-state index in [0.29, 0.717) is 79.0 Å². The van der Waals surface area contributed by atoms with E-state index in [4.69, 9.17) is 25.8 Å². The summed E-state index contributed by atoms with van der Waals surface area (Å²) in [4.78, 5) is 52.3. The highest BCUT2D eigenvalue weighted by Gasteiger charge is 2.17. The van der Waals surface area contributed by atoms with Crippen LogP contribution in [0.4, 0.5) is 5.69 Å². The van der Waals surface area contributed by atoms with Gasteiger partial charge in [0.05, 0.1) is 35.2 Å². The molecule has 0 amide bonds. The van der Waals surface area contributed by atoms with E-state index in [1.165, 1.54) is 0 Å². The second-order valence-corrected chi connectivity index (χ2v) is 13.8. The number of Topliss-reactive ketones (excluding diaryl/α,β-unsaturated/α-hetero) is 1. The monoisotopic (exact) mass is 812 g/mol. The second-order valence-electron chi connectivity index (χ2n) is 13.8. The van der Waals surface area contributed by atoms with Crippen LogP contribution in [-0.4, -0.2) is 74.0 Å². The van der Waals surface area contributed by atoms with Gasteiger partial charge in [-0.1, -0.05) is 71.0 Å². The van der Waals surface area contributed by atoms with E-state index in [1.807, 2.05) is 67.6 Å². The molecule has 6 aromatic rings. The van der Waals surface area contributed by atoms with E-state index in [0.717, 1.165) is 34.5 Å². The fourth-order valence-electron chi connectivity index (χ4n) is 6.08. The molecule has 3 N–H and O–H groups in total. The molecule has 0 aliphatic carbocycles. The summed E-state index contributed by atoms with van der Waals surface area (Å²) in [6.45, 7) is 1.95. The zero-order valence-electron chi connectivity index (χ0n) is 33.0. The molecule has 3 aromatic carbocycles. The summed E-state index contributed by atoms with van der Waals surface area (Å²) in [5.74, 6) is -2.40. The Morgan fingerprint density at radius 1 is 0.600 bits per heavy atom. The smallest absolute Gasteiger partial charge is 0.303 e. The first-order valence-electron chi connectivity index (χ1n) is 19.4. The number of hydrogen-bond acceptors (Lipinski definition) is 10. The summed E-state index contributed by atoms with van der Waals surface area (Å²) in [7, 11) is 0. The number of aliphatic carboxylic acids is 3. The van der Waals surface area contributed by atoms with Gasteiger partial charge in [-0.05, 0) is 104 Å². The van der Waals surface area contributed by atoms with Gasteiger partial charge in [-0.15, -0.1) is 10.2 Å². The second kappa shape index (κ2) is 21.9. The summed E-state index contributed by atoms with van der Waals surface area (Å²) in [5.41, 5.74) is 15.9. The molecular formula is C43H44N10O7. The molecule has 3 aromatic heterocycles. The van der Waals surface area contributed by atoms with Crippen LogP contribution in [0.25, 0.3) is 44.6 Å². The number of azide groups is 1. The zero-order chi connectivity index (χ0) is 42.9. The molecule has 0 atom stereocenters. The third kappa shape index (κ3) is 13.3. The van der Waals surface area contributed by atoms with E-state index < -0.39 is 17.9 Å². The molecule has 0 saturated heterocycles. The maximum absolute atomic E-state index is 13.0. The van der Waals surface area contributed by atoms with Crippen LogP contribution < -0.4 is 0 Å². The molecule has 0 aliphatic heterocycles. The molecule has 308 valence electrons. The SMILES string of the molecule is CCCC(=O)c1cc(-c2cn(-c3ccc(CCCC(=O)O)cc3)nn2)nc(-c2cn(-c3ccc(CCCC(=O)O)cc3)nn2)c1.[N-]=[N+]=Nc1ccc(CCCC(=O)O)cc1. The van der Waals surface area contributed by atoms with Crippen molar-refractivity contribution in [1.29, 1.82) is 0 Å². The van der Waals surface area contributed by atoms with E-state index in [-0.39, 0.29) is 25.0 Å². The van der Waals surface area contributed by atoms with Crippen molar-refractivity contribution < 1.29 is 34.5 Å². The Kier molecular flexibility index (Phi) is 15.9. The molecule has 0 saturated carbocycles. The maximum Gasteiger partial charge on any atom is 0.303 e. The van der Waals surface area contributed by atoms with Gasteiger partial charge in [0.25, 0.3) is 0 Å². The Bertz CT molecular complexity index is 2320. The predicted octanol–water partition coefficient (Wildman–Crippen LogP) is 8.41. The van der Waals surface area contributed by atoms with Crippen LogP contribution in [0.5, 0.6) is 0 Å². The summed E-state index contributed by atoms with van der Waals surface area (Å²) in [5, 5.41) is 46.8. The topological polar surface area (TPSA) is 252 Å². The number of carbonyl (C=O) groups excluding carboxylic acids is 1. The zero-order valence-corrected chi connectivity index (χ0v) is 33.0. The van der Waals surface area contributed by atoms with Crippen molar-refractivity contribution in [2.75, 3.05) is 0 Å². The number of nitrogens with zero attached hydrogens (tertiary/aromatic N) is 10.